The minimum atomic E-state index is -0.935. The number of rotatable bonds is 5. The van der Waals surface area contributed by atoms with Crippen molar-refractivity contribution in [2.24, 2.45) is 5.92 Å². The van der Waals surface area contributed by atoms with Crippen LogP contribution in [-0.4, -0.2) is 23.0 Å². The van der Waals surface area contributed by atoms with Crippen molar-refractivity contribution < 1.29 is 14.7 Å². The van der Waals surface area contributed by atoms with Gasteiger partial charge in [-0.3, -0.25) is 4.79 Å². The van der Waals surface area contributed by atoms with Gasteiger partial charge in [0, 0.05) is 0 Å². The zero-order valence-corrected chi connectivity index (χ0v) is 10.3. The standard InChI is InChI=1S/C14H17NO3/c1-9-4-2-3-5-11(9)8-12(16)15-13(14(17)18)10-6-7-10/h2-5,10,13H,6-8H2,1H3,(H,15,16)(H,17,18). The van der Waals surface area contributed by atoms with Crippen molar-refractivity contribution in [3.63, 3.8) is 0 Å². The van der Waals surface area contributed by atoms with E-state index in [9.17, 15) is 9.59 Å². The average molecular weight is 247 g/mol. The largest absolute Gasteiger partial charge is 0.480 e. The molecule has 0 heterocycles. The smallest absolute Gasteiger partial charge is 0.326 e. The van der Waals surface area contributed by atoms with Crippen molar-refractivity contribution in [3.8, 4) is 0 Å². The maximum Gasteiger partial charge on any atom is 0.326 e. The summed E-state index contributed by atoms with van der Waals surface area (Å²) >= 11 is 0. The van der Waals surface area contributed by atoms with Gasteiger partial charge in [-0.25, -0.2) is 4.79 Å². The molecule has 0 spiro atoms. The Kier molecular flexibility index (Phi) is 3.65. The monoisotopic (exact) mass is 247 g/mol. The van der Waals surface area contributed by atoms with E-state index in [2.05, 4.69) is 5.32 Å². The number of carbonyl (C=O) groups excluding carboxylic acids is 1. The minimum absolute atomic E-state index is 0.114. The lowest BCUT2D eigenvalue weighted by Gasteiger charge is -2.14. The van der Waals surface area contributed by atoms with Crippen molar-refractivity contribution in [1.29, 1.82) is 0 Å². The third kappa shape index (κ3) is 3.09. The predicted octanol–water partition coefficient (Wildman–Crippen LogP) is 1.52. The van der Waals surface area contributed by atoms with Crippen LogP contribution in [0.4, 0.5) is 0 Å². The number of hydrogen-bond acceptors (Lipinski definition) is 2. The molecule has 0 radical (unpaired) electrons. The number of nitrogens with one attached hydrogen (secondary N) is 1. The summed E-state index contributed by atoms with van der Waals surface area (Å²) < 4.78 is 0. The number of amides is 1. The van der Waals surface area contributed by atoms with Crippen molar-refractivity contribution in [2.45, 2.75) is 32.2 Å². The highest BCUT2D eigenvalue weighted by Crippen LogP contribution is 2.32. The van der Waals surface area contributed by atoms with Crippen LogP contribution < -0.4 is 5.32 Å². The Bertz CT molecular complexity index is 466. The second kappa shape index (κ2) is 5.21. The van der Waals surface area contributed by atoms with Gasteiger partial charge in [-0.1, -0.05) is 24.3 Å². The summed E-state index contributed by atoms with van der Waals surface area (Å²) in [7, 11) is 0. The van der Waals surface area contributed by atoms with Crippen LogP contribution in [0.1, 0.15) is 24.0 Å². The fraction of sp³-hybridized carbons (Fsp3) is 0.429. The first-order valence-electron chi connectivity index (χ1n) is 6.14. The van der Waals surface area contributed by atoms with Crippen molar-refractivity contribution in [1.82, 2.24) is 5.32 Å². The van der Waals surface area contributed by atoms with Crippen molar-refractivity contribution in [2.75, 3.05) is 0 Å². The van der Waals surface area contributed by atoms with E-state index in [1.54, 1.807) is 0 Å². The van der Waals surface area contributed by atoms with Gasteiger partial charge in [-0.05, 0) is 36.8 Å². The van der Waals surface area contributed by atoms with Crippen LogP contribution in [0.15, 0.2) is 24.3 Å². The topological polar surface area (TPSA) is 66.4 Å². The molecular formula is C14H17NO3. The fourth-order valence-electron chi connectivity index (χ4n) is 2.02. The third-order valence-corrected chi connectivity index (χ3v) is 3.29. The number of carboxylic acids is 1. The van der Waals surface area contributed by atoms with Gasteiger partial charge in [0.05, 0.1) is 6.42 Å². The maximum absolute atomic E-state index is 11.8. The van der Waals surface area contributed by atoms with Gasteiger partial charge in [-0.2, -0.15) is 0 Å². The first-order chi connectivity index (χ1) is 8.58. The molecule has 0 saturated heterocycles. The van der Waals surface area contributed by atoms with Crippen LogP contribution >= 0.6 is 0 Å². The van der Waals surface area contributed by atoms with Crippen LogP contribution in [0.3, 0.4) is 0 Å². The Morgan fingerprint density at radius 2 is 2.06 bits per heavy atom. The summed E-state index contributed by atoms with van der Waals surface area (Å²) in [6.07, 6.45) is 2.02. The summed E-state index contributed by atoms with van der Waals surface area (Å²) in [5.74, 6) is -1.04. The first kappa shape index (κ1) is 12.6. The summed E-state index contributed by atoms with van der Waals surface area (Å²) in [5.41, 5.74) is 1.99. The molecule has 1 fully saturated rings. The summed E-state index contributed by atoms with van der Waals surface area (Å²) in [5, 5.41) is 11.7. The van der Waals surface area contributed by atoms with E-state index >= 15 is 0 Å². The lowest BCUT2D eigenvalue weighted by atomic mass is 10.1. The van der Waals surface area contributed by atoms with Crippen LogP contribution in [0, 0.1) is 12.8 Å². The van der Waals surface area contributed by atoms with Gasteiger partial charge < -0.3 is 10.4 Å². The van der Waals surface area contributed by atoms with E-state index < -0.39 is 12.0 Å². The van der Waals surface area contributed by atoms with Crippen molar-refractivity contribution in [3.05, 3.63) is 35.4 Å². The van der Waals surface area contributed by atoms with Crippen LogP contribution in [-0.2, 0) is 16.0 Å². The lowest BCUT2D eigenvalue weighted by Crippen LogP contribution is -2.43. The van der Waals surface area contributed by atoms with E-state index in [1.807, 2.05) is 31.2 Å². The highest BCUT2D eigenvalue weighted by molar-refractivity contribution is 5.85. The Labute approximate surface area is 106 Å². The highest BCUT2D eigenvalue weighted by atomic mass is 16.4. The molecule has 0 aromatic heterocycles. The molecule has 0 aliphatic heterocycles. The van der Waals surface area contributed by atoms with Gasteiger partial charge in [0.2, 0.25) is 5.91 Å². The van der Waals surface area contributed by atoms with Crippen LogP contribution in [0.5, 0.6) is 0 Å². The first-order valence-corrected chi connectivity index (χ1v) is 6.14. The molecule has 1 atom stereocenters. The van der Waals surface area contributed by atoms with Crippen LogP contribution in [0.25, 0.3) is 0 Å². The third-order valence-electron chi connectivity index (χ3n) is 3.29. The molecule has 1 unspecified atom stereocenters. The number of benzene rings is 1. The van der Waals surface area contributed by atoms with Gasteiger partial charge in [0.15, 0.2) is 0 Å². The molecule has 4 heteroatoms. The Hall–Kier alpha value is -1.84. The van der Waals surface area contributed by atoms with E-state index in [0.29, 0.717) is 0 Å². The normalized spacial score (nSPS) is 16.1. The van der Waals surface area contributed by atoms with E-state index in [1.165, 1.54) is 0 Å². The van der Waals surface area contributed by atoms with Gasteiger partial charge in [0.1, 0.15) is 6.04 Å². The molecule has 2 N–H and O–H groups in total. The second-order valence-electron chi connectivity index (χ2n) is 4.82. The predicted molar refractivity (Wildman–Crippen MR) is 67.2 cm³/mol. The van der Waals surface area contributed by atoms with Gasteiger partial charge in [-0.15, -0.1) is 0 Å². The van der Waals surface area contributed by atoms with E-state index in [0.717, 1.165) is 24.0 Å². The zero-order valence-electron chi connectivity index (χ0n) is 10.3. The molecule has 4 nitrogen and oxygen atoms in total. The SMILES string of the molecule is Cc1ccccc1CC(=O)NC(C(=O)O)C1CC1. The lowest BCUT2D eigenvalue weighted by molar-refractivity contribution is -0.142. The molecule has 96 valence electrons. The number of aliphatic carboxylic acids is 1. The molecule has 1 saturated carbocycles. The molecule has 1 aromatic carbocycles. The summed E-state index contributed by atoms with van der Waals surface area (Å²) in [4.78, 5) is 22.9. The Morgan fingerprint density at radius 1 is 1.39 bits per heavy atom. The summed E-state index contributed by atoms with van der Waals surface area (Å²) in [6, 6.07) is 6.91. The fourth-order valence-corrected chi connectivity index (χ4v) is 2.02. The Balaban J connectivity index is 1.96. The van der Waals surface area contributed by atoms with Gasteiger partial charge >= 0.3 is 5.97 Å². The minimum Gasteiger partial charge on any atom is -0.480 e. The van der Waals surface area contributed by atoms with E-state index in [4.69, 9.17) is 5.11 Å². The molecule has 1 aliphatic carbocycles. The zero-order chi connectivity index (χ0) is 13.1. The summed E-state index contributed by atoms with van der Waals surface area (Å²) in [6.45, 7) is 1.94. The highest BCUT2D eigenvalue weighted by Gasteiger charge is 2.37. The molecule has 2 rings (SSSR count). The number of aryl methyl sites for hydroxylation is 1. The quantitative estimate of drug-likeness (QED) is 0.829. The van der Waals surface area contributed by atoms with E-state index in [-0.39, 0.29) is 18.2 Å². The number of hydrogen-bond donors (Lipinski definition) is 2. The molecule has 1 aromatic rings. The second-order valence-corrected chi connectivity index (χ2v) is 4.82. The van der Waals surface area contributed by atoms with Crippen molar-refractivity contribution >= 4 is 11.9 Å². The Morgan fingerprint density at radius 3 is 2.61 bits per heavy atom. The number of carbonyl (C=O) groups is 2. The molecule has 0 bridgehead atoms. The molecule has 18 heavy (non-hydrogen) atoms. The average Bonchev–Trinajstić information content (AvgIpc) is 3.13. The molecule has 1 aliphatic rings. The number of carboxylic acid groups (broad SMARTS) is 1. The van der Waals surface area contributed by atoms with Crippen LogP contribution in [0.2, 0.25) is 0 Å². The molecule has 1 amide bonds. The van der Waals surface area contributed by atoms with Gasteiger partial charge in [0.25, 0.3) is 0 Å². The maximum atomic E-state index is 11.8. The molecular weight excluding hydrogens is 230 g/mol.